The highest BCUT2D eigenvalue weighted by Gasteiger charge is 2.52. The van der Waals surface area contributed by atoms with Gasteiger partial charge in [-0.2, -0.15) is 0 Å². The molecule has 0 aromatic heterocycles. The Bertz CT molecular complexity index is 3700. The third-order valence-corrected chi connectivity index (χ3v) is 15.0. The number of hydrogen-bond acceptors (Lipinski definition) is 2. The number of para-hydroxylation sites is 2. The third-order valence-electron chi connectivity index (χ3n) is 15.0. The second-order valence-electron chi connectivity index (χ2n) is 18.2. The zero-order valence-electron chi connectivity index (χ0n) is 37.2. The summed E-state index contributed by atoms with van der Waals surface area (Å²) in [6.07, 6.45) is 0. The Morgan fingerprint density at radius 1 is 0.324 bits per heavy atom. The van der Waals surface area contributed by atoms with Crippen LogP contribution in [0.1, 0.15) is 44.5 Å². The minimum atomic E-state index is -0.625. The molecular formula is C66H43NO. The molecule has 14 rings (SSSR count). The zero-order chi connectivity index (χ0) is 44.8. The van der Waals surface area contributed by atoms with Gasteiger partial charge in [-0.15, -0.1) is 0 Å². The molecule has 318 valence electrons. The van der Waals surface area contributed by atoms with E-state index in [1.165, 1.54) is 66.4 Å². The van der Waals surface area contributed by atoms with Gasteiger partial charge < -0.3 is 9.64 Å². The Kier molecular flexibility index (Phi) is 8.45. The van der Waals surface area contributed by atoms with Crippen LogP contribution >= 0.6 is 0 Å². The summed E-state index contributed by atoms with van der Waals surface area (Å²) in [6.45, 7) is 0. The van der Waals surface area contributed by atoms with Crippen LogP contribution in [0.15, 0.2) is 261 Å². The van der Waals surface area contributed by atoms with E-state index in [0.29, 0.717) is 0 Å². The van der Waals surface area contributed by atoms with Crippen LogP contribution in [-0.2, 0) is 10.8 Å². The van der Waals surface area contributed by atoms with Gasteiger partial charge in [-0.05, 0) is 102 Å². The van der Waals surface area contributed by atoms with E-state index in [1.807, 2.05) is 0 Å². The van der Waals surface area contributed by atoms with Crippen molar-refractivity contribution in [1.29, 1.82) is 0 Å². The zero-order valence-corrected chi connectivity index (χ0v) is 37.2. The van der Waals surface area contributed by atoms with Crippen molar-refractivity contribution in [2.24, 2.45) is 0 Å². The standard InChI is InChI=1S/C66H43NO/c1-4-22-45(23-5-1)63-49-28-11-10-21-44(49)39-42-60(63)67(48-40-41-53-52-31-12-15-32-54(52)65(59(53)43-48,46-24-6-2-7-25-46)47-26-8-3-9-27-47)61-37-20-36-58-64(61)68-62-38-19-18-35-57(62)66(58)55-33-16-13-29-50(55)51-30-14-17-34-56(51)66/h1-43H. The molecule has 2 nitrogen and oxygen atoms in total. The molecule has 0 unspecified atom stereocenters. The Hall–Kier alpha value is -8.72. The van der Waals surface area contributed by atoms with Crippen molar-refractivity contribution in [3.05, 3.63) is 305 Å². The first kappa shape index (κ1) is 38.5. The first-order valence-electron chi connectivity index (χ1n) is 23.6. The molecule has 0 atom stereocenters. The van der Waals surface area contributed by atoms with E-state index in [-0.39, 0.29) is 0 Å². The molecule has 0 saturated heterocycles. The van der Waals surface area contributed by atoms with E-state index in [0.717, 1.165) is 50.8 Å². The third kappa shape index (κ3) is 5.23. The van der Waals surface area contributed by atoms with Gasteiger partial charge in [0.25, 0.3) is 0 Å². The van der Waals surface area contributed by atoms with Crippen molar-refractivity contribution in [3.8, 4) is 44.9 Å². The SMILES string of the molecule is c1ccc(-c2c(N(c3ccc4c(c3)C(c3ccccc3)(c3ccccc3)c3ccccc3-4)c3cccc4c3Oc3ccccc3C43c4ccccc4-c4ccccc43)ccc3ccccc23)cc1. The molecule has 11 aromatic rings. The summed E-state index contributed by atoms with van der Waals surface area (Å²) in [5.41, 5.74) is 18.9. The summed E-state index contributed by atoms with van der Waals surface area (Å²) in [4.78, 5) is 2.49. The van der Waals surface area contributed by atoms with Crippen LogP contribution in [0, 0.1) is 0 Å². The quantitative estimate of drug-likeness (QED) is 0.165. The van der Waals surface area contributed by atoms with Crippen molar-refractivity contribution < 1.29 is 4.74 Å². The van der Waals surface area contributed by atoms with Crippen molar-refractivity contribution in [2.45, 2.75) is 10.8 Å². The van der Waals surface area contributed by atoms with Gasteiger partial charge in [0, 0.05) is 22.4 Å². The number of hydrogen-bond donors (Lipinski definition) is 0. The van der Waals surface area contributed by atoms with Crippen LogP contribution in [0.4, 0.5) is 17.1 Å². The van der Waals surface area contributed by atoms with Crippen LogP contribution in [-0.4, -0.2) is 0 Å². The summed E-state index contributed by atoms with van der Waals surface area (Å²) in [7, 11) is 0. The fourth-order valence-electron chi connectivity index (χ4n) is 12.4. The van der Waals surface area contributed by atoms with E-state index in [2.05, 4.69) is 266 Å². The van der Waals surface area contributed by atoms with Crippen molar-refractivity contribution in [1.82, 2.24) is 0 Å². The van der Waals surface area contributed by atoms with Gasteiger partial charge in [-0.1, -0.05) is 231 Å². The van der Waals surface area contributed by atoms with Crippen LogP contribution in [0.25, 0.3) is 44.2 Å². The molecule has 0 bridgehead atoms. The van der Waals surface area contributed by atoms with Gasteiger partial charge in [-0.3, -0.25) is 0 Å². The predicted octanol–water partition coefficient (Wildman–Crippen LogP) is 16.8. The lowest BCUT2D eigenvalue weighted by Gasteiger charge is -2.41. The molecule has 0 amide bonds. The second kappa shape index (κ2) is 14.9. The van der Waals surface area contributed by atoms with Crippen LogP contribution < -0.4 is 9.64 Å². The normalized spacial score (nSPS) is 13.9. The summed E-state index contributed by atoms with van der Waals surface area (Å²) in [6, 6.07) is 96.0. The Labute approximate surface area is 396 Å². The average molecular weight is 866 g/mol. The minimum absolute atomic E-state index is 0.589. The van der Waals surface area contributed by atoms with E-state index < -0.39 is 10.8 Å². The molecule has 11 aromatic carbocycles. The van der Waals surface area contributed by atoms with Gasteiger partial charge in [0.2, 0.25) is 0 Å². The van der Waals surface area contributed by atoms with Gasteiger partial charge in [0.05, 0.1) is 22.2 Å². The fraction of sp³-hybridized carbons (Fsp3) is 0.0303. The predicted molar refractivity (Wildman–Crippen MR) is 279 cm³/mol. The summed E-state index contributed by atoms with van der Waals surface area (Å²) < 4.78 is 7.46. The van der Waals surface area contributed by atoms with Crippen molar-refractivity contribution >= 4 is 27.8 Å². The molecule has 0 N–H and O–H groups in total. The molecule has 1 aliphatic heterocycles. The maximum Gasteiger partial charge on any atom is 0.156 e. The second-order valence-corrected chi connectivity index (χ2v) is 18.2. The maximum absolute atomic E-state index is 7.46. The summed E-state index contributed by atoms with van der Waals surface area (Å²) in [5.74, 6) is 1.70. The van der Waals surface area contributed by atoms with Crippen LogP contribution in [0.5, 0.6) is 11.5 Å². The lowest BCUT2D eigenvalue weighted by molar-refractivity contribution is 0.437. The number of fused-ring (bicyclic) bond motifs is 13. The van der Waals surface area contributed by atoms with Gasteiger partial charge in [-0.25, -0.2) is 0 Å². The highest BCUT2D eigenvalue weighted by Crippen LogP contribution is 2.65. The Morgan fingerprint density at radius 2 is 0.838 bits per heavy atom. The van der Waals surface area contributed by atoms with Gasteiger partial charge in [0.1, 0.15) is 5.75 Å². The lowest BCUT2D eigenvalue weighted by Crippen LogP contribution is -2.32. The fourth-order valence-corrected chi connectivity index (χ4v) is 12.4. The average Bonchev–Trinajstić information content (AvgIpc) is 3.88. The first-order valence-corrected chi connectivity index (χ1v) is 23.6. The van der Waals surface area contributed by atoms with E-state index >= 15 is 0 Å². The van der Waals surface area contributed by atoms with E-state index in [9.17, 15) is 0 Å². The topological polar surface area (TPSA) is 12.5 Å². The highest BCUT2D eigenvalue weighted by atomic mass is 16.5. The van der Waals surface area contributed by atoms with Crippen LogP contribution in [0.2, 0.25) is 0 Å². The molecule has 1 spiro atoms. The number of ether oxygens (including phenoxy) is 1. The number of benzene rings is 11. The van der Waals surface area contributed by atoms with Crippen molar-refractivity contribution in [2.75, 3.05) is 4.90 Å². The lowest BCUT2D eigenvalue weighted by atomic mass is 9.66. The minimum Gasteiger partial charge on any atom is -0.454 e. The number of rotatable bonds is 6. The molecule has 2 aliphatic carbocycles. The first-order chi connectivity index (χ1) is 33.8. The molecule has 0 fully saturated rings. The molecular weight excluding hydrogens is 823 g/mol. The van der Waals surface area contributed by atoms with Crippen LogP contribution in [0.3, 0.4) is 0 Å². The Balaban J connectivity index is 1.11. The summed E-state index contributed by atoms with van der Waals surface area (Å²) in [5, 5.41) is 2.37. The van der Waals surface area contributed by atoms with Gasteiger partial charge >= 0.3 is 0 Å². The maximum atomic E-state index is 7.46. The number of nitrogens with zero attached hydrogens (tertiary/aromatic N) is 1. The number of anilines is 3. The van der Waals surface area contributed by atoms with E-state index in [4.69, 9.17) is 4.74 Å². The molecule has 68 heavy (non-hydrogen) atoms. The van der Waals surface area contributed by atoms with Crippen molar-refractivity contribution in [3.63, 3.8) is 0 Å². The largest absolute Gasteiger partial charge is 0.454 e. The van der Waals surface area contributed by atoms with E-state index in [1.54, 1.807) is 0 Å². The monoisotopic (exact) mass is 865 g/mol. The molecule has 3 aliphatic rings. The molecule has 2 heteroatoms. The smallest absolute Gasteiger partial charge is 0.156 e. The highest BCUT2D eigenvalue weighted by molar-refractivity contribution is 6.06. The molecule has 0 radical (unpaired) electrons. The molecule has 1 heterocycles. The summed E-state index contributed by atoms with van der Waals surface area (Å²) >= 11 is 0. The van der Waals surface area contributed by atoms with Gasteiger partial charge in [0.15, 0.2) is 5.75 Å². The molecule has 0 saturated carbocycles. The Morgan fingerprint density at radius 3 is 1.50 bits per heavy atom.